The van der Waals surface area contributed by atoms with Gasteiger partial charge < -0.3 is 14.8 Å². The number of hydrogen-bond donors (Lipinski definition) is 1. The molecular formula is C20H21Cl2NO4. The van der Waals surface area contributed by atoms with Crippen LogP contribution in [0.3, 0.4) is 0 Å². The van der Waals surface area contributed by atoms with Crippen molar-refractivity contribution in [3.8, 4) is 0 Å². The first-order chi connectivity index (χ1) is 12.8. The van der Waals surface area contributed by atoms with Crippen molar-refractivity contribution in [1.29, 1.82) is 0 Å². The molecule has 1 N–H and O–H groups in total. The zero-order chi connectivity index (χ0) is 20.0. The molecule has 0 aromatic heterocycles. The highest BCUT2D eigenvalue weighted by atomic mass is 35.5. The molecule has 2 rings (SSSR count). The number of ether oxygens (including phenoxy) is 2. The van der Waals surface area contributed by atoms with Gasteiger partial charge in [-0.2, -0.15) is 0 Å². The molecule has 27 heavy (non-hydrogen) atoms. The molecule has 2 aromatic rings. The van der Waals surface area contributed by atoms with Crippen LogP contribution in [0.15, 0.2) is 42.5 Å². The molecule has 5 nitrogen and oxygen atoms in total. The molecule has 0 aliphatic carbocycles. The SMILES string of the molecule is CC(C)OCc1ccc(C(=O)O[C@H](C)C(=O)Nc2cc(Cl)ccc2Cl)cc1. The lowest BCUT2D eigenvalue weighted by molar-refractivity contribution is -0.123. The molecule has 144 valence electrons. The third-order valence-electron chi connectivity index (χ3n) is 3.61. The van der Waals surface area contributed by atoms with E-state index in [1.807, 2.05) is 13.8 Å². The Bertz CT molecular complexity index is 806. The monoisotopic (exact) mass is 409 g/mol. The van der Waals surface area contributed by atoms with Gasteiger partial charge in [0.25, 0.3) is 5.91 Å². The normalized spacial score (nSPS) is 11.9. The Hall–Kier alpha value is -2.08. The summed E-state index contributed by atoms with van der Waals surface area (Å²) in [5, 5.41) is 3.36. The molecule has 0 heterocycles. The van der Waals surface area contributed by atoms with Gasteiger partial charge in [-0.15, -0.1) is 0 Å². The molecule has 0 radical (unpaired) electrons. The number of carbonyl (C=O) groups excluding carboxylic acids is 2. The zero-order valence-electron chi connectivity index (χ0n) is 15.3. The Morgan fingerprint density at radius 2 is 1.70 bits per heavy atom. The Balaban J connectivity index is 1.94. The van der Waals surface area contributed by atoms with Crippen molar-refractivity contribution in [1.82, 2.24) is 0 Å². The minimum atomic E-state index is -1.00. The number of nitrogens with one attached hydrogen (secondary N) is 1. The van der Waals surface area contributed by atoms with Gasteiger partial charge in [-0.25, -0.2) is 4.79 Å². The van der Waals surface area contributed by atoms with E-state index >= 15 is 0 Å². The highest BCUT2D eigenvalue weighted by Crippen LogP contribution is 2.25. The maximum absolute atomic E-state index is 12.2. The van der Waals surface area contributed by atoms with Crippen molar-refractivity contribution in [3.05, 3.63) is 63.6 Å². The molecule has 0 saturated heterocycles. The van der Waals surface area contributed by atoms with Crippen molar-refractivity contribution in [2.75, 3.05) is 5.32 Å². The van der Waals surface area contributed by atoms with Crippen LogP contribution in [-0.2, 0) is 20.9 Å². The predicted molar refractivity (Wildman–Crippen MR) is 106 cm³/mol. The summed E-state index contributed by atoms with van der Waals surface area (Å²) in [5.74, 6) is -1.10. The van der Waals surface area contributed by atoms with Crippen LogP contribution in [0.1, 0.15) is 36.7 Å². The largest absolute Gasteiger partial charge is 0.449 e. The molecule has 0 bridgehead atoms. The summed E-state index contributed by atoms with van der Waals surface area (Å²) < 4.78 is 10.7. The van der Waals surface area contributed by atoms with Crippen LogP contribution in [0.4, 0.5) is 5.69 Å². The number of benzene rings is 2. The molecule has 0 saturated carbocycles. The van der Waals surface area contributed by atoms with Crippen LogP contribution >= 0.6 is 23.2 Å². The molecule has 0 aliphatic rings. The van der Waals surface area contributed by atoms with E-state index < -0.39 is 18.0 Å². The number of carbonyl (C=O) groups is 2. The first kappa shape index (κ1) is 21.2. The topological polar surface area (TPSA) is 64.6 Å². The van der Waals surface area contributed by atoms with Gasteiger partial charge in [0, 0.05) is 5.02 Å². The third kappa shape index (κ3) is 6.54. The zero-order valence-corrected chi connectivity index (χ0v) is 16.8. The van der Waals surface area contributed by atoms with Gasteiger partial charge in [-0.3, -0.25) is 4.79 Å². The van der Waals surface area contributed by atoms with E-state index in [1.54, 1.807) is 36.4 Å². The lowest BCUT2D eigenvalue weighted by atomic mass is 10.1. The van der Waals surface area contributed by atoms with E-state index in [2.05, 4.69) is 5.32 Å². The van der Waals surface area contributed by atoms with Crippen LogP contribution in [0, 0.1) is 0 Å². The second kappa shape index (κ2) is 9.74. The van der Waals surface area contributed by atoms with Crippen LogP contribution in [0.2, 0.25) is 10.0 Å². The molecule has 0 unspecified atom stereocenters. The molecule has 0 aliphatic heterocycles. The summed E-state index contributed by atoms with van der Waals surface area (Å²) in [6.45, 7) is 5.85. The lowest BCUT2D eigenvalue weighted by Gasteiger charge is -2.14. The van der Waals surface area contributed by atoms with Gasteiger partial charge >= 0.3 is 5.97 Å². The third-order valence-corrected chi connectivity index (χ3v) is 4.18. The Labute approximate surface area is 168 Å². The number of halogens is 2. The van der Waals surface area contributed by atoms with Crippen LogP contribution in [-0.4, -0.2) is 24.1 Å². The molecule has 1 atom stereocenters. The van der Waals surface area contributed by atoms with E-state index in [1.165, 1.54) is 13.0 Å². The van der Waals surface area contributed by atoms with Gasteiger partial charge in [0.2, 0.25) is 0 Å². The van der Waals surface area contributed by atoms with Gasteiger partial charge in [0.05, 0.1) is 29.0 Å². The fraction of sp³-hybridized carbons (Fsp3) is 0.300. The second-order valence-corrected chi connectivity index (χ2v) is 7.06. The van der Waals surface area contributed by atoms with Crippen molar-refractivity contribution in [3.63, 3.8) is 0 Å². The summed E-state index contributed by atoms with van der Waals surface area (Å²) in [4.78, 5) is 24.5. The molecule has 0 fully saturated rings. The van der Waals surface area contributed by atoms with E-state index in [0.717, 1.165) is 5.56 Å². The molecule has 7 heteroatoms. The van der Waals surface area contributed by atoms with Gasteiger partial charge in [0.15, 0.2) is 6.10 Å². The average molecular weight is 410 g/mol. The Morgan fingerprint density at radius 1 is 1.04 bits per heavy atom. The maximum Gasteiger partial charge on any atom is 0.338 e. The number of amides is 1. The molecular weight excluding hydrogens is 389 g/mol. The van der Waals surface area contributed by atoms with Crippen LogP contribution in [0.25, 0.3) is 0 Å². The summed E-state index contributed by atoms with van der Waals surface area (Å²) in [7, 11) is 0. The minimum absolute atomic E-state index is 0.127. The smallest absolute Gasteiger partial charge is 0.338 e. The van der Waals surface area contributed by atoms with Gasteiger partial charge in [-0.05, 0) is 56.7 Å². The molecule has 1 amide bonds. The summed E-state index contributed by atoms with van der Waals surface area (Å²) in [5.41, 5.74) is 1.65. The first-order valence-corrected chi connectivity index (χ1v) is 9.19. The van der Waals surface area contributed by atoms with Crippen molar-refractivity contribution < 1.29 is 19.1 Å². The van der Waals surface area contributed by atoms with Crippen LogP contribution in [0.5, 0.6) is 0 Å². The van der Waals surface area contributed by atoms with E-state index in [0.29, 0.717) is 27.9 Å². The summed E-state index contributed by atoms with van der Waals surface area (Å²) in [6.07, 6.45) is -0.876. The second-order valence-electron chi connectivity index (χ2n) is 6.22. The number of esters is 1. The fourth-order valence-corrected chi connectivity index (χ4v) is 2.45. The number of hydrogen-bond acceptors (Lipinski definition) is 4. The predicted octanol–water partition coefficient (Wildman–Crippen LogP) is 5.10. The highest BCUT2D eigenvalue weighted by Gasteiger charge is 2.20. The van der Waals surface area contributed by atoms with Gasteiger partial charge in [0.1, 0.15) is 0 Å². The van der Waals surface area contributed by atoms with E-state index in [4.69, 9.17) is 32.7 Å². The molecule has 2 aromatic carbocycles. The maximum atomic E-state index is 12.2. The number of anilines is 1. The standard InChI is InChI=1S/C20H21Cl2NO4/c1-12(2)26-11-14-4-6-15(7-5-14)20(25)27-13(3)19(24)23-18-10-16(21)8-9-17(18)22/h4-10,12-13H,11H2,1-3H3,(H,23,24)/t13-/m1/s1. The van der Waals surface area contributed by atoms with Crippen molar-refractivity contribution in [2.24, 2.45) is 0 Å². The Morgan fingerprint density at radius 3 is 2.33 bits per heavy atom. The van der Waals surface area contributed by atoms with Gasteiger partial charge in [-0.1, -0.05) is 35.3 Å². The highest BCUT2D eigenvalue weighted by molar-refractivity contribution is 6.35. The van der Waals surface area contributed by atoms with Crippen LogP contribution < -0.4 is 5.32 Å². The average Bonchev–Trinajstić information content (AvgIpc) is 2.63. The van der Waals surface area contributed by atoms with E-state index in [9.17, 15) is 9.59 Å². The quantitative estimate of drug-likeness (QED) is 0.645. The summed E-state index contributed by atoms with van der Waals surface area (Å²) in [6, 6.07) is 11.6. The Kier molecular flexibility index (Phi) is 7.66. The minimum Gasteiger partial charge on any atom is -0.449 e. The van der Waals surface area contributed by atoms with Crippen molar-refractivity contribution >= 4 is 40.8 Å². The fourth-order valence-electron chi connectivity index (χ4n) is 2.11. The van der Waals surface area contributed by atoms with Crippen molar-refractivity contribution in [2.45, 2.75) is 39.6 Å². The lowest BCUT2D eigenvalue weighted by Crippen LogP contribution is -2.30. The van der Waals surface area contributed by atoms with E-state index in [-0.39, 0.29) is 6.10 Å². The first-order valence-electron chi connectivity index (χ1n) is 8.43. The number of rotatable bonds is 7. The summed E-state index contributed by atoms with van der Waals surface area (Å²) >= 11 is 11.9. The molecule has 0 spiro atoms.